The van der Waals surface area contributed by atoms with Gasteiger partial charge in [-0.25, -0.2) is 4.98 Å². The summed E-state index contributed by atoms with van der Waals surface area (Å²) in [6.07, 6.45) is 1.63. The van der Waals surface area contributed by atoms with Crippen LogP contribution in [0, 0.1) is 0 Å². The number of nitrogens with zero attached hydrogens (tertiary/aromatic N) is 3. The SMILES string of the molecule is CCNc1ncc(Cl)c(N(C)Cc2ccccc2)n1. The topological polar surface area (TPSA) is 41.1 Å². The number of halogens is 1. The summed E-state index contributed by atoms with van der Waals surface area (Å²) in [6.45, 7) is 3.54. The van der Waals surface area contributed by atoms with E-state index in [1.165, 1.54) is 5.56 Å². The molecule has 1 aromatic heterocycles. The van der Waals surface area contributed by atoms with E-state index in [4.69, 9.17) is 11.6 Å². The molecule has 0 amide bonds. The molecule has 0 aliphatic heterocycles. The van der Waals surface area contributed by atoms with Gasteiger partial charge in [-0.15, -0.1) is 0 Å². The second-order valence-electron chi connectivity index (χ2n) is 4.24. The molecule has 2 rings (SSSR count). The summed E-state index contributed by atoms with van der Waals surface area (Å²) < 4.78 is 0. The van der Waals surface area contributed by atoms with Crippen LogP contribution in [0.4, 0.5) is 11.8 Å². The average molecular weight is 277 g/mol. The number of anilines is 2. The fourth-order valence-electron chi connectivity index (χ4n) is 1.80. The zero-order valence-electron chi connectivity index (χ0n) is 11.1. The van der Waals surface area contributed by atoms with Crippen molar-refractivity contribution in [3.05, 3.63) is 47.1 Å². The molecule has 0 unspecified atom stereocenters. The van der Waals surface area contributed by atoms with Gasteiger partial charge in [0.1, 0.15) is 5.02 Å². The summed E-state index contributed by atoms with van der Waals surface area (Å²) >= 11 is 6.16. The molecule has 1 N–H and O–H groups in total. The van der Waals surface area contributed by atoms with Crippen LogP contribution in [0.25, 0.3) is 0 Å². The number of hydrogen-bond donors (Lipinski definition) is 1. The molecular weight excluding hydrogens is 260 g/mol. The van der Waals surface area contributed by atoms with Crippen LogP contribution in [-0.2, 0) is 6.54 Å². The predicted molar refractivity (Wildman–Crippen MR) is 79.8 cm³/mol. The maximum Gasteiger partial charge on any atom is 0.224 e. The van der Waals surface area contributed by atoms with Crippen LogP contribution in [0.3, 0.4) is 0 Å². The highest BCUT2D eigenvalue weighted by atomic mass is 35.5. The molecule has 0 aliphatic rings. The van der Waals surface area contributed by atoms with Crippen LogP contribution >= 0.6 is 11.6 Å². The van der Waals surface area contributed by atoms with Gasteiger partial charge in [-0.3, -0.25) is 0 Å². The fraction of sp³-hybridized carbons (Fsp3) is 0.286. The van der Waals surface area contributed by atoms with E-state index in [9.17, 15) is 0 Å². The first-order valence-corrected chi connectivity index (χ1v) is 6.60. The van der Waals surface area contributed by atoms with Gasteiger partial charge in [0.25, 0.3) is 0 Å². The maximum atomic E-state index is 6.16. The van der Waals surface area contributed by atoms with Crippen LogP contribution in [0.1, 0.15) is 12.5 Å². The molecule has 19 heavy (non-hydrogen) atoms. The van der Waals surface area contributed by atoms with Crippen molar-refractivity contribution in [1.82, 2.24) is 9.97 Å². The molecule has 0 saturated heterocycles. The summed E-state index contributed by atoms with van der Waals surface area (Å²) in [5, 5.41) is 3.64. The lowest BCUT2D eigenvalue weighted by atomic mass is 10.2. The van der Waals surface area contributed by atoms with Gasteiger partial charge >= 0.3 is 0 Å². The van der Waals surface area contributed by atoms with E-state index < -0.39 is 0 Å². The standard InChI is InChI=1S/C14H17ClN4/c1-3-16-14-17-9-12(15)13(18-14)19(2)10-11-7-5-4-6-8-11/h4-9H,3,10H2,1-2H3,(H,16,17,18). The van der Waals surface area contributed by atoms with E-state index >= 15 is 0 Å². The van der Waals surface area contributed by atoms with Gasteiger partial charge in [-0.2, -0.15) is 4.98 Å². The highest BCUT2D eigenvalue weighted by Crippen LogP contribution is 2.23. The van der Waals surface area contributed by atoms with Crippen LogP contribution in [0.5, 0.6) is 0 Å². The van der Waals surface area contributed by atoms with E-state index in [1.807, 2.05) is 37.1 Å². The van der Waals surface area contributed by atoms with Gasteiger partial charge in [0.05, 0.1) is 6.20 Å². The first-order valence-electron chi connectivity index (χ1n) is 6.22. The molecule has 0 bridgehead atoms. The van der Waals surface area contributed by atoms with Crippen LogP contribution in [0.15, 0.2) is 36.5 Å². The molecule has 4 nitrogen and oxygen atoms in total. The third-order valence-electron chi connectivity index (χ3n) is 2.68. The molecule has 1 aromatic carbocycles. The lowest BCUT2D eigenvalue weighted by Gasteiger charge is -2.19. The van der Waals surface area contributed by atoms with Crippen molar-refractivity contribution in [3.63, 3.8) is 0 Å². The summed E-state index contributed by atoms with van der Waals surface area (Å²) in [5.41, 5.74) is 1.21. The van der Waals surface area contributed by atoms with Gasteiger partial charge in [-0.05, 0) is 12.5 Å². The molecule has 5 heteroatoms. The Kier molecular flexibility index (Phi) is 4.58. The molecule has 0 spiro atoms. The fourth-order valence-corrected chi connectivity index (χ4v) is 2.04. The maximum absolute atomic E-state index is 6.16. The van der Waals surface area contributed by atoms with Crippen molar-refractivity contribution >= 4 is 23.4 Å². The molecule has 0 fully saturated rings. The Labute approximate surface area is 118 Å². The van der Waals surface area contributed by atoms with Crippen molar-refractivity contribution in [3.8, 4) is 0 Å². The molecular formula is C14H17ClN4. The largest absolute Gasteiger partial charge is 0.354 e. The monoisotopic (exact) mass is 276 g/mol. The first kappa shape index (κ1) is 13.6. The Hall–Kier alpha value is -1.81. The van der Waals surface area contributed by atoms with Crippen molar-refractivity contribution in [2.24, 2.45) is 0 Å². The first-order chi connectivity index (χ1) is 9.20. The smallest absolute Gasteiger partial charge is 0.224 e. The molecule has 0 radical (unpaired) electrons. The van der Waals surface area contributed by atoms with Crippen molar-refractivity contribution in [2.75, 3.05) is 23.8 Å². The minimum absolute atomic E-state index is 0.556. The quantitative estimate of drug-likeness (QED) is 0.911. The van der Waals surface area contributed by atoms with Crippen molar-refractivity contribution in [2.45, 2.75) is 13.5 Å². The van der Waals surface area contributed by atoms with Crippen LogP contribution < -0.4 is 10.2 Å². The Balaban J connectivity index is 2.18. The normalized spacial score (nSPS) is 10.3. The molecule has 100 valence electrons. The lowest BCUT2D eigenvalue weighted by Crippen LogP contribution is -2.19. The van der Waals surface area contributed by atoms with Crippen LogP contribution in [-0.4, -0.2) is 23.6 Å². The third kappa shape index (κ3) is 3.58. The molecule has 0 saturated carbocycles. The van der Waals surface area contributed by atoms with Gasteiger partial charge in [0.2, 0.25) is 5.95 Å². The van der Waals surface area contributed by atoms with Crippen molar-refractivity contribution < 1.29 is 0 Å². The number of aromatic nitrogens is 2. The molecule has 0 atom stereocenters. The van der Waals surface area contributed by atoms with E-state index in [2.05, 4.69) is 27.4 Å². The number of rotatable bonds is 5. The number of hydrogen-bond acceptors (Lipinski definition) is 4. The Morgan fingerprint density at radius 1 is 1.26 bits per heavy atom. The molecule has 1 heterocycles. The minimum atomic E-state index is 0.556. The summed E-state index contributed by atoms with van der Waals surface area (Å²) in [7, 11) is 1.97. The highest BCUT2D eigenvalue weighted by molar-refractivity contribution is 6.32. The van der Waals surface area contributed by atoms with Gasteiger partial charge in [-0.1, -0.05) is 41.9 Å². The van der Waals surface area contributed by atoms with Gasteiger partial charge in [0, 0.05) is 20.1 Å². The van der Waals surface area contributed by atoms with E-state index in [-0.39, 0.29) is 0 Å². The van der Waals surface area contributed by atoms with E-state index in [1.54, 1.807) is 6.20 Å². The van der Waals surface area contributed by atoms with Crippen LogP contribution in [0.2, 0.25) is 5.02 Å². The Morgan fingerprint density at radius 2 is 2.00 bits per heavy atom. The third-order valence-corrected chi connectivity index (χ3v) is 2.95. The second kappa shape index (κ2) is 6.38. The van der Waals surface area contributed by atoms with Gasteiger partial charge < -0.3 is 10.2 Å². The lowest BCUT2D eigenvalue weighted by molar-refractivity contribution is 0.890. The Morgan fingerprint density at radius 3 is 2.68 bits per heavy atom. The number of benzene rings is 1. The number of nitrogens with one attached hydrogen (secondary N) is 1. The molecule has 2 aromatic rings. The average Bonchev–Trinajstić information content (AvgIpc) is 2.42. The summed E-state index contributed by atoms with van der Waals surface area (Å²) in [6, 6.07) is 10.2. The summed E-state index contributed by atoms with van der Waals surface area (Å²) in [4.78, 5) is 10.6. The predicted octanol–water partition coefficient (Wildman–Crippen LogP) is 3.20. The summed E-state index contributed by atoms with van der Waals surface area (Å²) in [5.74, 6) is 1.33. The minimum Gasteiger partial charge on any atom is -0.354 e. The van der Waals surface area contributed by atoms with Gasteiger partial charge in [0.15, 0.2) is 5.82 Å². The molecule has 0 aliphatic carbocycles. The zero-order valence-corrected chi connectivity index (χ0v) is 11.9. The Bertz CT molecular complexity index is 530. The highest BCUT2D eigenvalue weighted by Gasteiger charge is 2.10. The van der Waals surface area contributed by atoms with Crippen molar-refractivity contribution in [1.29, 1.82) is 0 Å². The second-order valence-corrected chi connectivity index (χ2v) is 4.64. The zero-order chi connectivity index (χ0) is 13.7. The van der Waals surface area contributed by atoms with E-state index in [0.29, 0.717) is 11.0 Å². The van der Waals surface area contributed by atoms with E-state index in [0.717, 1.165) is 18.9 Å².